The van der Waals surface area contributed by atoms with Gasteiger partial charge in [-0.2, -0.15) is 5.10 Å². The fourth-order valence-electron chi connectivity index (χ4n) is 2.00. The van der Waals surface area contributed by atoms with Gasteiger partial charge in [-0.25, -0.2) is 9.67 Å². The lowest BCUT2D eigenvalue weighted by atomic mass is 10.3. The topological polar surface area (TPSA) is 64.7 Å². The molecule has 0 spiro atoms. The molecule has 6 nitrogen and oxygen atoms in total. The van der Waals surface area contributed by atoms with Gasteiger partial charge in [-0.15, -0.1) is 0 Å². The summed E-state index contributed by atoms with van der Waals surface area (Å²) in [6.07, 6.45) is 7.94. The first kappa shape index (κ1) is 15.6. The van der Waals surface area contributed by atoms with Crippen LogP contribution in [0.4, 0.5) is 5.69 Å². The van der Waals surface area contributed by atoms with Gasteiger partial charge >= 0.3 is 0 Å². The Kier molecular flexibility index (Phi) is 5.38. The van der Waals surface area contributed by atoms with Crippen LogP contribution in [0.5, 0.6) is 0 Å². The van der Waals surface area contributed by atoms with Crippen LogP contribution >= 0.6 is 11.6 Å². The Morgan fingerprint density at radius 2 is 2.24 bits per heavy atom. The second-order valence-electron chi connectivity index (χ2n) is 4.89. The Morgan fingerprint density at radius 3 is 2.90 bits per heavy atom. The van der Waals surface area contributed by atoms with Gasteiger partial charge in [-0.3, -0.25) is 4.79 Å². The Balaban J connectivity index is 1.99. The summed E-state index contributed by atoms with van der Waals surface area (Å²) in [4.78, 5) is 16.3. The van der Waals surface area contributed by atoms with Crippen LogP contribution in [0.15, 0.2) is 23.4 Å². The van der Waals surface area contributed by atoms with Crippen molar-refractivity contribution in [3.8, 4) is 0 Å². The maximum atomic E-state index is 12.1. The molecule has 0 unspecified atom stereocenters. The van der Waals surface area contributed by atoms with Crippen molar-refractivity contribution in [3.63, 3.8) is 0 Å². The molecule has 2 rings (SSSR count). The van der Waals surface area contributed by atoms with Gasteiger partial charge in [0.15, 0.2) is 0 Å². The van der Waals surface area contributed by atoms with Crippen molar-refractivity contribution in [1.82, 2.24) is 19.3 Å². The number of imidazole rings is 1. The highest BCUT2D eigenvalue weighted by Gasteiger charge is 2.09. The largest absolute Gasteiger partial charge is 0.382 e. The first-order chi connectivity index (χ1) is 10.1. The third-order valence-corrected chi connectivity index (χ3v) is 3.66. The summed E-state index contributed by atoms with van der Waals surface area (Å²) in [6.45, 7) is 3.31. The predicted molar refractivity (Wildman–Crippen MR) is 83.8 cm³/mol. The number of unbranched alkanes of at least 4 members (excludes halogenated alkanes) is 1. The molecular weight excluding hydrogens is 290 g/mol. The van der Waals surface area contributed by atoms with E-state index in [9.17, 15) is 4.79 Å². The molecule has 2 heterocycles. The third-order valence-electron chi connectivity index (χ3n) is 3.29. The number of nitrogens with one attached hydrogen (secondary N) is 1. The molecule has 0 saturated carbocycles. The molecule has 0 aliphatic rings. The zero-order chi connectivity index (χ0) is 15.2. The van der Waals surface area contributed by atoms with Crippen LogP contribution in [0, 0.1) is 0 Å². The standard InChI is InChI=1S/C14H20ClN5O/c1-3-4-8-20-14(21)13(15)11(10-18-20)16-6-5-12-17-7-9-19(12)2/h7,9-10,16H,3-6,8H2,1-2H3. The number of nitrogens with zero attached hydrogens (tertiary/aromatic N) is 4. The van der Waals surface area contributed by atoms with Gasteiger partial charge < -0.3 is 9.88 Å². The maximum absolute atomic E-state index is 12.1. The van der Waals surface area contributed by atoms with E-state index in [1.165, 1.54) is 4.68 Å². The van der Waals surface area contributed by atoms with Crippen molar-refractivity contribution in [3.05, 3.63) is 39.8 Å². The van der Waals surface area contributed by atoms with Gasteiger partial charge in [-0.05, 0) is 6.42 Å². The highest BCUT2D eigenvalue weighted by Crippen LogP contribution is 2.15. The average Bonchev–Trinajstić information content (AvgIpc) is 2.88. The van der Waals surface area contributed by atoms with Gasteiger partial charge in [0.25, 0.3) is 5.56 Å². The molecule has 114 valence electrons. The molecule has 7 heteroatoms. The fraction of sp³-hybridized carbons (Fsp3) is 0.500. The van der Waals surface area contributed by atoms with Crippen molar-refractivity contribution in [2.75, 3.05) is 11.9 Å². The van der Waals surface area contributed by atoms with E-state index in [0.717, 1.165) is 25.1 Å². The Labute approximate surface area is 128 Å². The molecule has 0 bridgehead atoms. The summed E-state index contributed by atoms with van der Waals surface area (Å²) in [6, 6.07) is 0. The molecule has 0 atom stereocenters. The maximum Gasteiger partial charge on any atom is 0.287 e. The summed E-state index contributed by atoms with van der Waals surface area (Å²) in [7, 11) is 1.95. The van der Waals surface area contributed by atoms with E-state index in [-0.39, 0.29) is 10.6 Å². The molecule has 1 N–H and O–H groups in total. The van der Waals surface area contributed by atoms with Crippen molar-refractivity contribution in [1.29, 1.82) is 0 Å². The molecule has 0 aliphatic heterocycles. The summed E-state index contributed by atoms with van der Waals surface area (Å²) >= 11 is 6.11. The Hall–Kier alpha value is -1.82. The molecule has 0 aromatic carbocycles. The lowest BCUT2D eigenvalue weighted by Crippen LogP contribution is -2.24. The Morgan fingerprint density at radius 1 is 1.43 bits per heavy atom. The van der Waals surface area contributed by atoms with Crippen molar-refractivity contribution in [2.24, 2.45) is 7.05 Å². The van der Waals surface area contributed by atoms with Gasteiger partial charge in [0.2, 0.25) is 0 Å². The minimum atomic E-state index is -0.243. The van der Waals surface area contributed by atoms with Crippen LogP contribution in [0.3, 0.4) is 0 Å². The predicted octanol–water partition coefficient (Wildman–Crippen LogP) is 2.08. The number of hydrogen-bond donors (Lipinski definition) is 1. The van der Waals surface area contributed by atoms with Crippen LogP contribution in [0.2, 0.25) is 5.02 Å². The number of rotatable bonds is 7. The summed E-state index contributed by atoms with van der Waals surface area (Å²) in [5.74, 6) is 0.975. The van der Waals surface area contributed by atoms with Crippen molar-refractivity contribution in [2.45, 2.75) is 32.7 Å². The number of halogens is 1. The lowest BCUT2D eigenvalue weighted by molar-refractivity contribution is 0.543. The van der Waals surface area contributed by atoms with E-state index in [2.05, 4.69) is 22.3 Å². The third kappa shape index (κ3) is 3.85. The van der Waals surface area contributed by atoms with E-state index in [1.54, 1.807) is 12.4 Å². The van der Waals surface area contributed by atoms with E-state index in [0.29, 0.717) is 18.8 Å². The van der Waals surface area contributed by atoms with E-state index in [4.69, 9.17) is 11.6 Å². The molecule has 21 heavy (non-hydrogen) atoms. The second kappa shape index (κ2) is 7.26. The van der Waals surface area contributed by atoms with Crippen LogP contribution in [-0.4, -0.2) is 25.9 Å². The number of hydrogen-bond acceptors (Lipinski definition) is 4. The minimum absolute atomic E-state index is 0.195. The molecular formula is C14H20ClN5O. The number of aromatic nitrogens is 4. The molecule has 0 saturated heterocycles. The Bertz CT molecular complexity index is 649. The highest BCUT2D eigenvalue weighted by molar-refractivity contribution is 6.32. The molecule has 0 fully saturated rings. The smallest absolute Gasteiger partial charge is 0.287 e. The van der Waals surface area contributed by atoms with Crippen molar-refractivity contribution >= 4 is 17.3 Å². The van der Waals surface area contributed by atoms with Gasteiger partial charge in [0, 0.05) is 39.0 Å². The van der Waals surface area contributed by atoms with Crippen molar-refractivity contribution < 1.29 is 0 Å². The van der Waals surface area contributed by atoms with Gasteiger partial charge in [0.1, 0.15) is 10.8 Å². The molecule has 0 radical (unpaired) electrons. The summed E-state index contributed by atoms with van der Waals surface area (Å²) in [5, 5.41) is 7.48. The first-order valence-electron chi connectivity index (χ1n) is 7.09. The summed E-state index contributed by atoms with van der Waals surface area (Å²) in [5.41, 5.74) is 0.329. The SMILES string of the molecule is CCCCn1ncc(NCCc2nccn2C)c(Cl)c1=O. The average molecular weight is 310 g/mol. The highest BCUT2D eigenvalue weighted by atomic mass is 35.5. The second-order valence-corrected chi connectivity index (χ2v) is 5.26. The van der Waals surface area contributed by atoms with E-state index >= 15 is 0 Å². The van der Waals surface area contributed by atoms with Crippen LogP contribution in [0.1, 0.15) is 25.6 Å². The first-order valence-corrected chi connectivity index (χ1v) is 7.47. The van der Waals surface area contributed by atoms with Gasteiger partial charge in [0.05, 0.1) is 11.9 Å². The minimum Gasteiger partial charge on any atom is -0.382 e. The fourth-order valence-corrected chi connectivity index (χ4v) is 2.21. The monoisotopic (exact) mass is 309 g/mol. The van der Waals surface area contributed by atoms with Crippen LogP contribution in [0.25, 0.3) is 0 Å². The van der Waals surface area contributed by atoms with E-state index < -0.39 is 0 Å². The van der Waals surface area contributed by atoms with E-state index in [1.807, 2.05) is 17.8 Å². The normalized spacial score (nSPS) is 10.8. The number of aryl methyl sites for hydroxylation is 2. The molecule has 2 aromatic heterocycles. The zero-order valence-corrected chi connectivity index (χ0v) is 13.1. The van der Waals surface area contributed by atoms with Crippen LogP contribution < -0.4 is 10.9 Å². The quantitative estimate of drug-likeness (QED) is 0.850. The van der Waals surface area contributed by atoms with Crippen LogP contribution in [-0.2, 0) is 20.0 Å². The number of anilines is 1. The lowest BCUT2D eigenvalue weighted by Gasteiger charge is -2.10. The van der Waals surface area contributed by atoms with Gasteiger partial charge in [-0.1, -0.05) is 24.9 Å². The molecule has 2 aromatic rings. The molecule has 0 aliphatic carbocycles. The zero-order valence-electron chi connectivity index (χ0n) is 12.3. The summed E-state index contributed by atoms with van der Waals surface area (Å²) < 4.78 is 3.38. The molecule has 0 amide bonds.